The lowest BCUT2D eigenvalue weighted by atomic mass is 9.89. The van der Waals surface area contributed by atoms with Crippen LogP contribution in [-0.4, -0.2) is 90.0 Å². The second-order valence-electron chi connectivity index (χ2n) is 12.5. The number of halogens is 6. The standard InChI is InChI=1S/C32H36F6N4O6/c1-5-6-20-13-22(30(46,31(33,34)35)32(36,37)38)7-9-23(20)40-15-19(3)41(16-18(40)2)26(43)17-42-27(44)29(4,39-28(42)45)21-8-10-24-25(14-21)48-12-11-47-24/h7-10,13-14,18-19,46H,5-6,11-12,15-17H2,1-4H3,(H,39,45)/t18-,19+,29?/m1/s1. The highest BCUT2D eigenvalue weighted by Crippen LogP contribution is 2.51. The molecule has 10 nitrogen and oxygen atoms in total. The van der Waals surface area contributed by atoms with E-state index in [-0.39, 0.29) is 25.1 Å². The van der Waals surface area contributed by atoms with Crippen molar-refractivity contribution in [1.82, 2.24) is 15.1 Å². The Morgan fingerprint density at radius 2 is 1.60 bits per heavy atom. The number of urea groups is 1. The van der Waals surface area contributed by atoms with Crippen molar-refractivity contribution in [3.63, 3.8) is 0 Å². The molecule has 2 aromatic rings. The van der Waals surface area contributed by atoms with Crippen LogP contribution >= 0.6 is 0 Å². The number of piperazine rings is 1. The van der Waals surface area contributed by atoms with Gasteiger partial charge < -0.3 is 29.7 Å². The van der Waals surface area contributed by atoms with Gasteiger partial charge in [0.15, 0.2) is 11.5 Å². The van der Waals surface area contributed by atoms with Crippen LogP contribution in [0.25, 0.3) is 0 Å². The van der Waals surface area contributed by atoms with Crippen LogP contribution in [0, 0.1) is 0 Å². The molecule has 2 N–H and O–H groups in total. The maximum Gasteiger partial charge on any atom is 0.430 e. The molecule has 2 aromatic carbocycles. The lowest BCUT2D eigenvalue weighted by molar-refractivity contribution is -0.376. The molecule has 3 aliphatic rings. The Kier molecular flexibility index (Phi) is 9.03. The third-order valence-electron chi connectivity index (χ3n) is 9.14. The van der Waals surface area contributed by atoms with Crippen LogP contribution < -0.4 is 19.7 Å². The predicted octanol–water partition coefficient (Wildman–Crippen LogP) is 4.62. The molecule has 262 valence electrons. The first-order valence-electron chi connectivity index (χ1n) is 15.4. The van der Waals surface area contributed by atoms with E-state index >= 15 is 0 Å². The molecular weight excluding hydrogens is 650 g/mol. The molecule has 3 heterocycles. The van der Waals surface area contributed by atoms with Crippen molar-refractivity contribution >= 4 is 23.5 Å². The summed E-state index contributed by atoms with van der Waals surface area (Å²) in [6, 6.07) is 5.64. The lowest BCUT2D eigenvalue weighted by Gasteiger charge is -2.46. The first-order valence-corrected chi connectivity index (χ1v) is 15.4. The summed E-state index contributed by atoms with van der Waals surface area (Å²) in [5.41, 5.74) is -6.87. The van der Waals surface area contributed by atoms with Crippen LogP contribution in [0.5, 0.6) is 11.5 Å². The summed E-state index contributed by atoms with van der Waals surface area (Å²) in [6.07, 6.45) is -11.5. The van der Waals surface area contributed by atoms with Gasteiger partial charge in [-0.2, -0.15) is 26.3 Å². The topological polar surface area (TPSA) is 112 Å². The fraction of sp³-hybridized carbons (Fsp3) is 0.531. The molecule has 0 aliphatic carbocycles. The third-order valence-corrected chi connectivity index (χ3v) is 9.14. The van der Waals surface area contributed by atoms with Gasteiger partial charge in [-0.05, 0) is 56.5 Å². The summed E-state index contributed by atoms with van der Waals surface area (Å²) in [5, 5.41) is 12.6. The number of carbonyl (C=O) groups excluding carboxylic acids is 3. The third kappa shape index (κ3) is 5.87. The number of hydrogen-bond acceptors (Lipinski definition) is 7. The summed E-state index contributed by atoms with van der Waals surface area (Å²) in [4.78, 5) is 44.2. The molecular formula is C32H36F6N4O6. The van der Waals surface area contributed by atoms with Crippen molar-refractivity contribution in [2.75, 3.05) is 37.7 Å². The van der Waals surface area contributed by atoms with Crippen LogP contribution in [-0.2, 0) is 27.1 Å². The van der Waals surface area contributed by atoms with E-state index in [9.17, 15) is 45.8 Å². The zero-order valence-electron chi connectivity index (χ0n) is 26.7. The van der Waals surface area contributed by atoms with Gasteiger partial charge in [0.2, 0.25) is 5.91 Å². The first kappa shape index (κ1) is 35.1. The minimum absolute atomic E-state index is 0.0887. The summed E-state index contributed by atoms with van der Waals surface area (Å²) >= 11 is 0. The molecule has 3 aliphatic heterocycles. The predicted molar refractivity (Wildman–Crippen MR) is 159 cm³/mol. The molecule has 16 heteroatoms. The fourth-order valence-corrected chi connectivity index (χ4v) is 6.47. The number of amides is 4. The molecule has 4 amide bonds. The average Bonchev–Trinajstić information content (AvgIpc) is 3.23. The summed E-state index contributed by atoms with van der Waals surface area (Å²) < 4.78 is 92.7. The summed E-state index contributed by atoms with van der Waals surface area (Å²) in [7, 11) is 0. The number of rotatable bonds is 7. The van der Waals surface area contributed by atoms with Gasteiger partial charge in [-0.15, -0.1) is 0 Å². The van der Waals surface area contributed by atoms with Crippen molar-refractivity contribution in [2.45, 2.75) is 76.1 Å². The number of ether oxygens (including phenoxy) is 2. The van der Waals surface area contributed by atoms with Crippen LogP contribution in [0.4, 0.5) is 36.8 Å². The van der Waals surface area contributed by atoms with E-state index in [1.54, 1.807) is 43.9 Å². The normalized spacial score (nSPS) is 23.4. The Balaban J connectivity index is 1.33. The van der Waals surface area contributed by atoms with Crippen molar-refractivity contribution in [2.24, 2.45) is 0 Å². The highest BCUT2D eigenvalue weighted by Gasteiger charge is 2.71. The van der Waals surface area contributed by atoms with E-state index in [0.717, 1.165) is 17.0 Å². The van der Waals surface area contributed by atoms with E-state index in [2.05, 4.69) is 5.32 Å². The maximum atomic E-state index is 13.6. The number of hydrogen-bond donors (Lipinski definition) is 2. The van der Waals surface area contributed by atoms with Crippen molar-refractivity contribution in [3.8, 4) is 11.5 Å². The Morgan fingerprint density at radius 3 is 2.23 bits per heavy atom. The molecule has 48 heavy (non-hydrogen) atoms. The highest BCUT2D eigenvalue weighted by atomic mass is 19.4. The lowest BCUT2D eigenvalue weighted by Crippen LogP contribution is -2.60. The summed E-state index contributed by atoms with van der Waals surface area (Å²) in [6.45, 7) is 7.08. The van der Waals surface area contributed by atoms with Crippen LogP contribution in [0.3, 0.4) is 0 Å². The molecule has 5 rings (SSSR count). The number of imide groups is 1. The number of fused-ring (bicyclic) bond motifs is 1. The van der Waals surface area contributed by atoms with Gasteiger partial charge in [0.25, 0.3) is 11.5 Å². The van der Waals surface area contributed by atoms with Gasteiger partial charge in [-0.3, -0.25) is 14.5 Å². The SMILES string of the molecule is CCCc1cc(C(O)(C(F)(F)F)C(F)(F)F)ccc1N1C[C@H](C)N(C(=O)CN2C(=O)NC(C)(c3ccc4c(c3)OCCO4)C2=O)C[C@H]1C. The fourth-order valence-electron chi connectivity index (χ4n) is 6.47. The molecule has 0 saturated carbocycles. The molecule has 0 aromatic heterocycles. The minimum atomic E-state index is -6.01. The van der Waals surface area contributed by atoms with Gasteiger partial charge in [0, 0.05) is 36.4 Å². The number of aliphatic hydroxyl groups is 1. The highest BCUT2D eigenvalue weighted by molar-refractivity contribution is 6.09. The zero-order chi connectivity index (χ0) is 35.4. The monoisotopic (exact) mass is 686 g/mol. The van der Waals surface area contributed by atoms with E-state index in [4.69, 9.17) is 9.47 Å². The Bertz CT molecular complexity index is 1590. The number of benzene rings is 2. The van der Waals surface area contributed by atoms with E-state index in [0.29, 0.717) is 48.5 Å². The first-order chi connectivity index (χ1) is 22.3. The van der Waals surface area contributed by atoms with E-state index in [1.165, 1.54) is 11.8 Å². The smallest absolute Gasteiger partial charge is 0.430 e. The number of nitrogens with zero attached hydrogens (tertiary/aromatic N) is 3. The number of anilines is 1. The van der Waals surface area contributed by atoms with Crippen molar-refractivity contribution in [3.05, 3.63) is 53.1 Å². The number of nitrogens with one attached hydrogen (secondary N) is 1. The van der Waals surface area contributed by atoms with Crippen LogP contribution in [0.15, 0.2) is 36.4 Å². The molecule has 2 fully saturated rings. The molecule has 1 unspecified atom stereocenters. The number of aryl methyl sites for hydroxylation is 1. The average molecular weight is 687 g/mol. The van der Waals surface area contributed by atoms with Gasteiger partial charge in [0.1, 0.15) is 25.3 Å². The zero-order valence-corrected chi connectivity index (χ0v) is 26.7. The minimum Gasteiger partial charge on any atom is -0.486 e. The Labute approximate surface area is 272 Å². The maximum absolute atomic E-state index is 13.6. The second kappa shape index (κ2) is 12.3. The van der Waals surface area contributed by atoms with E-state index in [1.807, 2.05) is 0 Å². The largest absolute Gasteiger partial charge is 0.486 e. The van der Waals surface area contributed by atoms with Crippen molar-refractivity contribution < 1.29 is 55.3 Å². The quantitative estimate of drug-likeness (QED) is 0.323. The van der Waals surface area contributed by atoms with Gasteiger partial charge in [-0.1, -0.05) is 31.5 Å². The van der Waals surface area contributed by atoms with Gasteiger partial charge in [-0.25, -0.2) is 4.79 Å². The van der Waals surface area contributed by atoms with E-state index < -0.39 is 65.5 Å². The Hall–Kier alpha value is -4.21. The molecule has 3 atom stereocenters. The number of carbonyl (C=O) groups is 3. The van der Waals surface area contributed by atoms with Gasteiger partial charge >= 0.3 is 18.4 Å². The summed E-state index contributed by atoms with van der Waals surface area (Å²) in [5.74, 6) is -0.237. The molecule has 0 radical (unpaired) electrons. The van der Waals surface area contributed by atoms with Crippen LogP contribution in [0.2, 0.25) is 0 Å². The molecule has 0 spiro atoms. The van der Waals surface area contributed by atoms with Crippen LogP contribution in [0.1, 0.15) is 50.8 Å². The van der Waals surface area contributed by atoms with Crippen molar-refractivity contribution in [1.29, 1.82) is 0 Å². The molecule has 2 saturated heterocycles. The second-order valence-corrected chi connectivity index (χ2v) is 12.5. The number of alkyl halides is 6. The Morgan fingerprint density at radius 1 is 0.958 bits per heavy atom. The molecule has 0 bridgehead atoms. The van der Waals surface area contributed by atoms with Gasteiger partial charge in [0.05, 0.1) is 0 Å².